The Morgan fingerprint density at radius 3 is 2.60 bits per heavy atom. The van der Waals surface area contributed by atoms with Gasteiger partial charge in [-0.15, -0.1) is 0 Å². The highest BCUT2D eigenvalue weighted by atomic mass is 35.5. The number of aliphatic carboxylic acids is 1. The zero-order valence-corrected chi connectivity index (χ0v) is 15.8. The summed E-state index contributed by atoms with van der Waals surface area (Å²) >= 11 is 6.07. The standard InChI is InChI=1S/C20H14ClF3O6/c21-13-3-1-2-11-15(26)9-17(30-18(11)13)12-5-4-10(20(22,23)24)8-16(12)29-7-6-14(25)19(27)28/h1-5,8-9,14,25H,6-7H2,(H,27,28). The zero-order valence-electron chi connectivity index (χ0n) is 15.1. The van der Waals surface area contributed by atoms with Crippen molar-refractivity contribution in [3.8, 4) is 17.1 Å². The molecule has 0 aliphatic rings. The fourth-order valence-corrected chi connectivity index (χ4v) is 2.91. The smallest absolute Gasteiger partial charge is 0.416 e. The highest BCUT2D eigenvalue weighted by Crippen LogP contribution is 2.38. The first-order valence-electron chi connectivity index (χ1n) is 8.55. The van der Waals surface area contributed by atoms with Crippen molar-refractivity contribution >= 4 is 28.5 Å². The molecule has 0 aliphatic carbocycles. The van der Waals surface area contributed by atoms with E-state index in [0.29, 0.717) is 6.07 Å². The van der Waals surface area contributed by atoms with E-state index in [1.165, 1.54) is 12.1 Å². The quantitative estimate of drug-likeness (QED) is 0.589. The van der Waals surface area contributed by atoms with Crippen LogP contribution in [0.4, 0.5) is 13.2 Å². The van der Waals surface area contributed by atoms with Crippen molar-refractivity contribution in [1.29, 1.82) is 0 Å². The summed E-state index contributed by atoms with van der Waals surface area (Å²) in [6.45, 7) is -0.389. The van der Waals surface area contributed by atoms with E-state index in [0.717, 1.165) is 18.2 Å². The molecule has 0 radical (unpaired) electrons. The van der Waals surface area contributed by atoms with Gasteiger partial charge in [-0.05, 0) is 30.3 Å². The Hall–Kier alpha value is -3.04. The minimum Gasteiger partial charge on any atom is -0.493 e. The third kappa shape index (κ3) is 4.58. The lowest BCUT2D eigenvalue weighted by Crippen LogP contribution is -2.22. The van der Waals surface area contributed by atoms with Crippen molar-refractivity contribution in [3.05, 3.63) is 63.3 Å². The van der Waals surface area contributed by atoms with E-state index < -0.39 is 29.2 Å². The molecule has 0 amide bonds. The fourth-order valence-electron chi connectivity index (χ4n) is 2.70. The van der Waals surface area contributed by atoms with E-state index >= 15 is 0 Å². The summed E-state index contributed by atoms with van der Waals surface area (Å²) in [5, 5.41) is 18.4. The molecular weight excluding hydrogens is 429 g/mol. The molecule has 3 aromatic rings. The van der Waals surface area contributed by atoms with Gasteiger partial charge in [-0.25, -0.2) is 4.79 Å². The Bertz CT molecular complexity index is 1160. The largest absolute Gasteiger partial charge is 0.493 e. The van der Waals surface area contributed by atoms with Gasteiger partial charge in [0.15, 0.2) is 17.1 Å². The Labute approximate surface area is 172 Å². The molecule has 2 N–H and O–H groups in total. The van der Waals surface area contributed by atoms with Crippen molar-refractivity contribution in [1.82, 2.24) is 0 Å². The first-order valence-corrected chi connectivity index (χ1v) is 8.93. The second-order valence-electron chi connectivity index (χ2n) is 6.29. The molecule has 0 saturated heterocycles. The van der Waals surface area contributed by atoms with Gasteiger partial charge < -0.3 is 19.4 Å². The number of ether oxygens (including phenoxy) is 1. The number of aliphatic hydroxyl groups excluding tert-OH is 1. The average molecular weight is 443 g/mol. The topological polar surface area (TPSA) is 97.0 Å². The van der Waals surface area contributed by atoms with Crippen LogP contribution in [-0.4, -0.2) is 28.9 Å². The molecule has 0 fully saturated rings. The predicted molar refractivity (Wildman–Crippen MR) is 102 cm³/mol. The van der Waals surface area contributed by atoms with Crippen LogP contribution >= 0.6 is 11.6 Å². The summed E-state index contributed by atoms with van der Waals surface area (Å²) in [4.78, 5) is 23.1. The molecule has 6 nitrogen and oxygen atoms in total. The molecule has 1 unspecified atom stereocenters. The van der Waals surface area contributed by atoms with Crippen LogP contribution in [-0.2, 0) is 11.0 Å². The first-order chi connectivity index (χ1) is 14.1. The van der Waals surface area contributed by atoms with Gasteiger partial charge in [0.05, 0.1) is 28.1 Å². The zero-order chi connectivity index (χ0) is 22.1. The molecule has 0 spiro atoms. The van der Waals surface area contributed by atoms with Crippen LogP contribution in [0.15, 0.2) is 51.7 Å². The Kier molecular flexibility index (Phi) is 6.04. The number of carboxylic acids is 1. The number of para-hydroxylation sites is 1. The fraction of sp³-hybridized carbons (Fsp3) is 0.200. The van der Waals surface area contributed by atoms with Crippen molar-refractivity contribution in [2.45, 2.75) is 18.7 Å². The SMILES string of the molecule is O=C(O)C(O)CCOc1cc(C(F)(F)F)ccc1-c1cc(=O)c2cccc(Cl)c2o1. The minimum atomic E-state index is -4.66. The highest BCUT2D eigenvalue weighted by molar-refractivity contribution is 6.34. The van der Waals surface area contributed by atoms with Gasteiger partial charge in [-0.2, -0.15) is 13.2 Å². The van der Waals surface area contributed by atoms with Crippen LogP contribution in [0.5, 0.6) is 5.75 Å². The molecule has 0 aliphatic heterocycles. The van der Waals surface area contributed by atoms with Crippen LogP contribution in [0, 0.1) is 0 Å². The summed E-state index contributed by atoms with van der Waals surface area (Å²) in [6, 6.07) is 8.22. The van der Waals surface area contributed by atoms with E-state index in [-0.39, 0.29) is 46.1 Å². The molecule has 158 valence electrons. The maximum Gasteiger partial charge on any atom is 0.416 e. The molecule has 1 heterocycles. The lowest BCUT2D eigenvalue weighted by molar-refractivity contribution is -0.147. The first kappa shape index (κ1) is 21.7. The number of aliphatic hydroxyl groups is 1. The van der Waals surface area contributed by atoms with Crippen LogP contribution in [0.25, 0.3) is 22.3 Å². The Morgan fingerprint density at radius 1 is 1.20 bits per heavy atom. The lowest BCUT2D eigenvalue weighted by Gasteiger charge is -2.15. The van der Waals surface area contributed by atoms with Crippen LogP contribution in [0.3, 0.4) is 0 Å². The minimum absolute atomic E-state index is 0.0340. The van der Waals surface area contributed by atoms with Crippen LogP contribution < -0.4 is 10.2 Å². The lowest BCUT2D eigenvalue weighted by atomic mass is 10.1. The van der Waals surface area contributed by atoms with E-state index in [4.69, 9.17) is 25.9 Å². The molecule has 1 aromatic heterocycles. The maximum atomic E-state index is 13.1. The van der Waals surface area contributed by atoms with Crippen LogP contribution in [0.2, 0.25) is 5.02 Å². The number of carbonyl (C=O) groups is 1. The van der Waals surface area contributed by atoms with Gasteiger partial charge in [0.25, 0.3) is 0 Å². The molecule has 2 aromatic carbocycles. The summed E-state index contributed by atoms with van der Waals surface area (Å²) in [5.41, 5.74) is -1.37. The van der Waals surface area contributed by atoms with Gasteiger partial charge in [-0.1, -0.05) is 17.7 Å². The van der Waals surface area contributed by atoms with Crippen molar-refractivity contribution in [2.24, 2.45) is 0 Å². The second-order valence-corrected chi connectivity index (χ2v) is 6.70. The van der Waals surface area contributed by atoms with Gasteiger partial charge in [0.2, 0.25) is 0 Å². The summed E-state index contributed by atoms with van der Waals surface area (Å²) < 4.78 is 50.3. The third-order valence-corrected chi connectivity index (χ3v) is 4.51. The predicted octanol–water partition coefficient (Wildman–Crippen LogP) is 4.35. The van der Waals surface area contributed by atoms with Gasteiger partial charge >= 0.3 is 12.1 Å². The Balaban J connectivity index is 2.07. The summed E-state index contributed by atoms with van der Waals surface area (Å²) in [5.74, 6) is -1.86. The van der Waals surface area contributed by atoms with Crippen molar-refractivity contribution in [2.75, 3.05) is 6.61 Å². The molecular formula is C20H14ClF3O6. The Morgan fingerprint density at radius 2 is 1.93 bits per heavy atom. The number of fused-ring (bicyclic) bond motifs is 1. The van der Waals surface area contributed by atoms with Gasteiger partial charge in [0, 0.05) is 12.5 Å². The van der Waals surface area contributed by atoms with Gasteiger partial charge in [0.1, 0.15) is 11.5 Å². The summed E-state index contributed by atoms with van der Waals surface area (Å²) in [7, 11) is 0. The number of carboxylic acid groups (broad SMARTS) is 1. The molecule has 0 bridgehead atoms. The van der Waals surface area contributed by atoms with E-state index in [9.17, 15) is 27.9 Å². The van der Waals surface area contributed by atoms with Crippen molar-refractivity contribution < 1.29 is 37.3 Å². The maximum absolute atomic E-state index is 13.1. The van der Waals surface area contributed by atoms with E-state index in [2.05, 4.69) is 0 Å². The molecule has 0 saturated carbocycles. The second kappa shape index (κ2) is 8.37. The van der Waals surface area contributed by atoms with Gasteiger partial charge in [-0.3, -0.25) is 4.79 Å². The van der Waals surface area contributed by atoms with E-state index in [1.54, 1.807) is 6.07 Å². The number of hydrogen-bond acceptors (Lipinski definition) is 5. The normalized spacial score (nSPS) is 12.7. The third-order valence-electron chi connectivity index (χ3n) is 4.21. The number of hydrogen-bond donors (Lipinski definition) is 2. The molecule has 30 heavy (non-hydrogen) atoms. The van der Waals surface area contributed by atoms with Crippen molar-refractivity contribution in [3.63, 3.8) is 0 Å². The monoisotopic (exact) mass is 442 g/mol. The highest BCUT2D eigenvalue weighted by Gasteiger charge is 2.32. The van der Waals surface area contributed by atoms with Crippen LogP contribution in [0.1, 0.15) is 12.0 Å². The number of halogens is 4. The number of benzene rings is 2. The number of alkyl halides is 3. The molecule has 1 atom stereocenters. The number of rotatable bonds is 6. The average Bonchev–Trinajstić information content (AvgIpc) is 2.67. The molecule has 10 heteroatoms. The molecule has 3 rings (SSSR count). The summed E-state index contributed by atoms with van der Waals surface area (Å²) in [6.07, 6.45) is -6.76. The van der Waals surface area contributed by atoms with E-state index in [1.807, 2.05) is 0 Å².